The van der Waals surface area contributed by atoms with Gasteiger partial charge < -0.3 is 9.80 Å². The maximum absolute atomic E-state index is 13.3. The number of nitrogens with zero attached hydrogens (tertiary/aromatic N) is 2. The first-order valence-electron chi connectivity index (χ1n) is 9.60. The zero-order valence-electron chi connectivity index (χ0n) is 15.5. The molecule has 2 aliphatic rings. The van der Waals surface area contributed by atoms with Gasteiger partial charge in [0.05, 0.1) is 16.0 Å². The third-order valence-corrected chi connectivity index (χ3v) is 6.27. The predicted molar refractivity (Wildman–Crippen MR) is 106 cm³/mol. The highest BCUT2D eigenvalue weighted by Gasteiger charge is 2.48. The third-order valence-electron chi connectivity index (χ3n) is 5.96. The zero-order valence-corrected chi connectivity index (χ0v) is 16.3. The van der Waals surface area contributed by atoms with Crippen molar-refractivity contribution >= 4 is 23.4 Å². The molecule has 6 heteroatoms. The van der Waals surface area contributed by atoms with E-state index in [0.717, 1.165) is 30.9 Å². The van der Waals surface area contributed by atoms with E-state index in [2.05, 4.69) is 0 Å². The van der Waals surface area contributed by atoms with Gasteiger partial charge in [0.2, 0.25) is 5.91 Å². The van der Waals surface area contributed by atoms with E-state index in [1.807, 2.05) is 35.2 Å². The Morgan fingerprint density at radius 1 is 0.929 bits per heavy atom. The van der Waals surface area contributed by atoms with E-state index in [0.29, 0.717) is 31.7 Å². The molecule has 2 aromatic rings. The van der Waals surface area contributed by atoms with Crippen molar-refractivity contribution in [1.82, 2.24) is 9.80 Å². The van der Waals surface area contributed by atoms with E-state index >= 15 is 0 Å². The Hall–Kier alpha value is -2.40. The van der Waals surface area contributed by atoms with E-state index in [9.17, 15) is 14.0 Å². The molecule has 1 heterocycles. The number of amides is 2. The molecular formula is C22H22ClFN2O2. The van der Waals surface area contributed by atoms with Crippen LogP contribution in [0.5, 0.6) is 0 Å². The summed E-state index contributed by atoms with van der Waals surface area (Å²) in [6, 6.07) is 13.8. The molecule has 0 unspecified atom stereocenters. The summed E-state index contributed by atoms with van der Waals surface area (Å²) in [4.78, 5) is 29.6. The Morgan fingerprint density at radius 3 is 2.14 bits per heavy atom. The first-order valence-corrected chi connectivity index (χ1v) is 9.98. The SMILES string of the molecule is O=C(c1ccc(F)cc1Cl)N1CCN(C(=O)C2(c3ccccc3)CCC2)CC1. The standard InChI is InChI=1S/C22H22ClFN2O2/c23-19-15-17(24)7-8-18(19)20(27)25-11-13-26(14-12-25)21(28)22(9-4-10-22)16-5-2-1-3-6-16/h1-3,5-8,15H,4,9-14H2. The molecule has 0 N–H and O–H groups in total. The van der Waals surface area contributed by atoms with Gasteiger partial charge in [0.25, 0.3) is 5.91 Å². The fourth-order valence-electron chi connectivity index (χ4n) is 4.16. The number of halogens is 2. The average molecular weight is 401 g/mol. The Labute approximate surface area is 168 Å². The molecule has 0 aromatic heterocycles. The van der Waals surface area contributed by atoms with Crippen LogP contribution in [0.2, 0.25) is 5.02 Å². The smallest absolute Gasteiger partial charge is 0.255 e. The summed E-state index contributed by atoms with van der Waals surface area (Å²) in [5.41, 5.74) is 0.971. The lowest BCUT2D eigenvalue weighted by molar-refractivity contribution is -0.142. The van der Waals surface area contributed by atoms with E-state index in [-0.39, 0.29) is 16.8 Å². The number of piperazine rings is 1. The molecular weight excluding hydrogens is 379 g/mol. The van der Waals surface area contributed by atoms with Crippen molar-refractivity contribution in [3.8, 4) is 0 Å². The molecule has 4 rings (SSSR count). The zero-order chi connectivity index (χ0) is 19.7. The van der Waals surface area contributed by atoms with Gasteiger partial charge >= 0.3 is 0 Å². The molecule has 1 aliphatic heterocycles. The number of carbonyl (C=O) groups is 2. The highest BCUT2D eigenvalue weighted by atomic mass is 35.5. The Balaban J connectivity index is 1.44. The first kappa shape index (κ1) is 18.9. The van der Waals surface area contributed by atoms with Crippen LogP contribution in [0.15, 0.2) is 48.5 Å². The average Bonchev–Trinajstić information content (AvgIpc) is 2.67. The molecule has 0 bridgehead atoms. The van der Waals surface area contributed by atoms with Gasteiger partial charge in [-0.2, -0.15) is 0 Å². The van der Waals surface area contributed by atoms with Crippen molar-refractivity contribution in [3.05, 3.63) is 70.5 Å². The fraction of sp³-hybridized carbons (Fsp3) is 0.364. The number of benzene rings is 2. The molecule has 28 heavy (non-hydrogen) atoms. The van der Waals surface area contributed by atoms with Gasteiger partial charge in [-0.05, 0) is 36.6 Å². The topological polar surface area (TPSA) is 40.6 Å². The lowest BCUT2D eigenvalue weighted by Crippen LogP contribution is -2.57. The lowest BCUT2D eigenvalue weighted by atomic mass is 9.63. The minimum absolute atomic E-state index is 0.112. The van der Waals surface area contributed by atoms with Crippen molar-refractivity contribution in [2.45, 2.75) is 24.7 Å². The van der Waals surface area contributed by atoms with Crippen LogP contribution in [-0.2, 0) is 10.2 Å². The second kappa shape index (κ2) is 7.55. The van der Waals surface area contributed by atoms with Gasteiger partial charge in [-0.25, -0.2) is 4.39 Å². The molecule has 146 valence electrons. The van der Waals surface area contributed by atoms with Gasteiger partial charge in [0, 0.05) is 26.2 Å². The molecule has 1 aliphatic carbocycles. The summed E-state index contributed by atoms with van der Waals surface area (Å²) in [7, 11) is 0. The van der Waals surface area contributed by atoms with Crippen molar-refractivity contribution in [2.75, 3.05) is 26.2 Å². The molecule has 0 radical (unpaired) electrons. The Morgan fingerprint density at radius 2 is 1.57 bits per heavy atom. The highest BCUT2D eigenvalue weighted by molar-refractivity contribution is 6.33. The second-order valence-electron chi connectivity index (χ2n) is 7.51. The summed E-state index contributed by atoms with van der Waals surface area (Å²) in [6.07, 6.45) is 2.81. The van der Waals surface area contributed by atoms with Crippen molar-refractivity contribution < 1.29 is 14.0 Å². The van der Waals surface area contributed by atoms with Crippen molar-refractivity contribution in [3.63, 3.8) is 0 Å². The monoisotopic (exact) mass is 400 g/mol. The number of hydrogen-bond donors (Lipinski definition) is 0. The molecule has 2 aromatic carbocycles. The van der Waals surface area contributed by atoms with Crippen molar-refractivity contribution in [1.29, 1.82) is 0 Å². The molecule has 0 spiro atoms. The van der Waals surface area contributed by atoms with Gasteiger partial charge in [-0.3, -0.25) is 9.59 Å². The summed E-state index contributed by atoms with van der Waals surface area (Å²) in [5, 5.41) is 0.112. The molecule has 2 amide bonds. The molecule has 1 saturated carbocycles. The summed E-state index contributed by atoms with van der Waals surface area (Å²) in [5.74, 6) is -0.529. The Kier molecular flexibility index (Phi) is 5.11. The minimum Gasteiger partial charge on any atom is -0.338 e. The van der Waals surface area contributed by atoms with E-state index in [1.54, 1.807) is 4.90 Å². The molecule has 4 nitrogen and oxygen atoms in total. The fourth-order valence-corrected chi connectivity index (χ4v) is 4.41. The third kappa shape index (κ3) is 3.28. The lowest BCUT2D eigenvalue weighted by Gasteiger charge is -2.46. The summed E-state index contributed by atoms with van der Waals surface area (Å²) < 4.78 is 13.2. The quantitative estimate of drug-likeness (QED) is 0.784. The largest absolute Gasteiger partial charge is 0.338 e. The van der Waals surface area contributed by atoms with Gasteiger partial charge in [0.15, 0.2) is 0 Å². The van der Waals surface area contributed by atoms with Crippen LogP contribution in [0.3, 0.4) is 0 Å². The van der Waals surface area contributed by atoms with Crippen LogP contribution in [-0.4, -0.2) is 47.8 Å². The van der Waals surface area contributed by atoms with E-state index in [4.69, 9.17) is 11.6 Å². The Bertz CT molecular complexity index is 891. The number of carbonyl (C=O) groups excluding carboxylic acids is 2. The van der Waals surface area contributed by atoms with Crippen LogP contribution >= 0.6 is 11.6 Å². The van der Waals surface area contributed by atoms with Gasteiger partial charge in [-0.15, -0.1) is 0 Å². The number of rotatable bonds is 3. The van der Waals surface area contributed by atoms with Crippen molar-refractivity contribution in [2.24, 2.45) is 0 Å². The van der Waals surface area contributed by atoms with Crippen LogP contribution in [0, 0.1) is 5.82 Å². The van der Waals surface area contributed by atoms with E-state index < -0.39 is 11.2 Å². The summed E-state index contributed by atoms with van der Waals surface area (Å²) >= 11 is 6.02. The minimum atomic E-state index is -0.469. The first-order chi connectivity index (χ1) is 13.5. The second-order valence-corrected chi connectivity index (χ2v) is 7.92. The molecule has 0 atom stereocenters. The molecule has 1 saturated heterocycles. The maximum Gasteiger partial charge on any atom is 0.255 e. The van der Waals surface area contributed by atoms with E-state index in [1.165, 1.54) is 12.1 Å². The number of hydrogen-bond acceptors (Lipinski definition) is 2. The van der Waals surface area contributed by atoms with Crippen LogP contribution in [0.4, 0.5) is 4.39 Å². The maximum atomic E-state index is 13.3. The van der Waals surface area contributed by atoms with Crippen LogP contribution < -0.4 is 0 Å². The summed E-state index contributed by atoms with van der Waals surface area (Å²) in [6.45, 7) is 1.89. The van der Waals surface area contributed by atoms with Gasteiger partial charge in [-0.1, -0.05) is 48.4 Å². The molecule has 2 fully saturated rings. The van der Waals surface area contributed by atoms with Crippen LogP contribution in [0.1, 0.15) is 35.2 Å². The normalized spacial score (nSPS) is 18.5. The highest BCUT2D eigenvalue weighted by Crippen LogP contribution is 2.45. The van der Waals surface area contributed by atoms with Gasteiger partial charge in [0.1, 0.15) is 5.82 Å². The predicted octanol–water partition coefficient (Wildman–Crippen LogP) is 3.89. The van der Waals surface area contributed by atoms with Crippen LogP contribution in [0.25, 0.3) is 0 Å².